The summed E-state index contributed by atoms with van der Waals surface area (Å²) in [5, 5.41) is 3.51. The molecular weight excluding hydrogens is 248 g/mol. The molecule has 1 aliphatic heterocycles. The van der Waals surface area contributed by atoms with Crippen LogP contribution in [-0.4, -0.2) is 30.1 Å². The molecule has 98 valence electrons. The van der Waals surface area contributed by atoms with E-state index in [1.165, 1.54) is 5.75 Å². The van der Waals surface area contributed by atoms with E-state index in [9.17, 15) is 4.79 Å². The summed E-state index contributed by atoms with van der Waals surface area (Å²) < 4.78 is 5.21. The molecule has 0 spiro atoms. The first-order valence-electron chi connectivity index (χ1n) is 6.00. The summed E-state index contributed by atoms with van der Waals surface area (Å²) in [6.45, 7) is 2.19. The van der Waals surface area contributed by atoms with Gasteiger partial charge in [-0.25, -0.2) is 0 Å². The van der Waals surface area contributed by atoms with Crippen LogP contribution in [0.5, 0.6) is 5.75 Å². The molecule has 0 radical (unpaired) electrons. The monoisotopic (exact) mass is 266 g/mol. The number of primary amides is 1. The second kappa shape index (κ2) is 6.00. The van der Waals surface area contributed by atoms with Crippen molar-refractivity contribution in [3.63, 3.8) is 0 Å². The minimum Gasteiger partial charge on any atom is -0.484 e. The number of carbonyl (C=O) groups is 1. The van der Waals surface area contributed by atoms with Gasteiger partial charge in [-0.1, -0.05) is 6.92 Å². The zero-order chi connectivity index (χ0) is 13.0. The maximum absolute atomic E-state index is 10.6. The van der Waals surface area contributed by atoms with Crippen molar-refractivity contribution in [3.8, 4) is 5.75 Å². The predicted molar refractivity (Wildman–Crippen MR) is 75.0 cm³/mol. The van der Waals surface area contributed by atoms with Crippen LogP contribution in [0, 0.1) is 5.92 Å². The average molecular weight is 266 g/mol. The first-order chi connectivity index (χ1) is 8.65. The van der Waals surface area contributed by atoms with Gasteiger partial charge in [0.1, 0.15) is 5.75 Å². The molecule has 5 heteroatoms. The molecule has 0 aliphatic carbocycles. The quantitative estimate of drug-likeness (QED) is 0.851. The Balaban J connectivity index is 1.89. The number of anilines is 1. The van der Waals surface area contributed by atoms with Crippen molar-refractivity contribution >= 4 is 23.4 Å². The molecule has 3 N–H and O–H groups in total. The minimum atomic E-state index is -0.464. The number of amides is 1. The van der Waals surface area contributed by atoms with Crippen LogP contribution in [0.4, 0.5) is 5.69 Å². The zero-order valence-corrected chi connectivity index (χ0v) is 11.2. The Bertz CT molecular complexity index is 408. The van der Waals surface area contributed by atoms with Gasteiger partial charge in [-0.2, -0.15) is 11.8 Å². The molecule has 18 heavy (non-hydrogen) atoms. The summed E-state index contributed by atoms with van der Waals surface area (Å²) in [4.78, 5) is 10.6. The number of hydrogen-bond acceptors (Lipinski definition) is 4. The largest absolute Gasteiger partial charge is 0.484 e. The van der Waals surface area contributed by atoms with Gasteiger partial charge in [0.25, 0.3) is 5.91 Å². The predicted octanol–water partition coefficient (Wildman–Crippen LogP) is 1.71. The van der Waals surface area contributed by atoms with Crippen molar-refractivity contribution in [2.45, 2.75) is 13.0 Å². The number of nitrogens with two attached hydrogens (primary N) is 1. The number of carbonyl (C=O) groups excluding carboxylic acids is 1. The van der Waals surface area contributed by atoms with Crippen LogP contribution in [0.25, 0.3) is 0 Å². The van der Waals surface area contributed by atoms with Crippen molar-refractivity contribution in [2.24, 2.45) is 11.7 Å². The second-order valence-electron chi connectivity index (χ2n) is 4.54. The molecule has 1 amide bonds. The topological polar surface area (TPSA) is 64.3 Å². The van der Waals surface area contributed by atoms with E-state index >= 15 is 0 Å². The van der Waals surface area contributed by atoms with Gasteiger partial charge < -0.3 is 15.8 Å². The minimum absolute atomic E-state index is 0.0803. The van der Waals surface area contributed by atoms with Crippen LogP contribution in [0.3, 0.4) is 0 Å². The van der Waals surface area contributed by atoms with Gasteiger partial charge in [0.05, 0.1) is 0 Å². The lowest BCUT2D eigenvalue weighted by atomic mass is 10.1. The van der Waals surface area contributed by atoms with Crippen molar-refractivity contribution < 1.29 is 9.53 Å². The molecule has 2 atom stereocenters. The van der Waals surface area contributed by atoms with Gasteiger partial charge in [-0.05, 0) is 35.9 Å². The number of ether oxygens (including phenoxy) is 1. The molecule has 1 aromatic rings. The Morgan fingerprint density at radius 2 is 2.17 bits per heavy atom. The van der Waals surface area contributed by atoms with Crippen molar-refractivity contribution in [1.82, 2.24) is 0 Å². The fourth-order valence-electron chi connectivity index (χ4n) is 1.86. The van der Waals surface area contributed by atoms with Gasteiger partial charge in [-0.15, -0.1) is 0 Å². The number of nitrogens with one attached hydrogen (secondary N) is 1. The third-order valence-corrected chi connectivity index (χ3v) is 4.31. The first kappa shape index (κ1) is 13.1. The highest BCUT2D eigenvalue weighted by atomic mass is 32.2. The molecule has 4 nitrogen and oxygen atoms in total. The summed E-state index contributed by atoms with van der Waals surface area (Å²) in [5.74, 6) is 3.27. The molecule has 1 aromatic carbocycles. The number of rotatable bonds is 5. The standard InChI is InChI=1S/C13H18N2O2S/c1-9-7-18-8-12(9)15-10-2-4-11(5-3-10)17-6-13(14)16/h2-5,9,12,15H,6-8H2,1H3,(H2,14,16). The lowest BCUT2D eigenvalue weighted by Gasteiger charge is -2.18. The third kappa shape index (κ3) is 3.57. The van der Waals surface area contributed by atoms with E-state index < -0.39 is 5.91 Å². The van der Waals surface area contributed by atoms with Gasteiger partial charge >= 0.3 is 0 Å². The van der Waals surface area contributed by atoms with Gasteiger partial charge in [0.15, 0.2) is 6.61 Å². The molecule has 0 bridgehead atoms. The number of thioether (sulfide) groups is 1. The number of benzene rings is 1. The van der Waals surface area contributed by atoms with Gasteiger partial charge in [0, 0.05) is 17.5 Å². The third-order valence-electron chi connectivity index (χ3n) is 2.95. The van der Waals surface area contributed by atoms with Crippen molar-refractivity contribution in [2.75, 3.05) is 23.4 Å². The summed E-state index contributed by atoms with van der Waals surface area (Å²) >= 11 is 1.99. The van der Waals surface area contributed by atoms with Crippen LogP contribution in [0.2, 0.25) is 0 Å². The van der Waals surface area contributed by atoms with Gasteiger partial charge in [-0.3, -0.25) is 4.79 Å². The highest BCUT2D eigenvalue weighted by Gasteiger charge is 2.23. The Morgan fingerprint density at radius 3 is 2.72 bits per heavy atom. The van der Waals surface area contributed by atoms with E-state index in [1.807, 2.05) is 36.0 Å². The van der Waals surface area contributed by atoms with E-state index in [4.69, 9.17) is 10.5 Å². The fraction of sp³-hybridized carbons (Fsp3) is 0.462. The van der Waals surface area contributed by atoms with E-state index in [0.29, 0.717) is 17.7 Å². The molecule has 2 rings (SSSR count). The molecule has 1 fully saturated rings. The average Bonchev–Trinajstić information content (AvgIpc) is 2.74. The maximum Gasteiger partial charge on any atom is 0.255 e. The van der Waals surface area contributed by atoms with Crippen LogP contribution in [0.15, 0.2) is 24.3 Å². The highest BCUT2D eigenvalue weighted by molar-refractivity contribution is 7.99. The summed E-state index contributed by atoms with van der Waals surface area (Å²) in [6.07, 6.45) is 0. The first-order valence-corrected chi connectivity index (χ1v) is 7.16. The molecule has 2 unspecified atom stereocenters. The lowest BCUT2D eigenvalue weighted by molar-refractivity contribution is -0.119. The second-order valence-corrected chi connectivity index (χ2v) is 5.62. The maximum atomic E-state index is 10.6. The Morgan fingerprint density at radius 1 is 1.44 bits per heavy atom. The Labute approximate surface area is 111 Å². The smallest absolute Gasteiger partial charge is 0.255 e. The summed E-state index contributed by atoms with van der Waals surface area (Å²) in [6, 6.07) is 8.15. The Hall–Kier alpha value is -1.36. The zero-order valence-electron chi connectivity index (χ0n) is 10.4. The fourth-order valence-corrected chi connectivity index (χ4v) is 3.27. The van der Waals surface area contributed by atoms with Gasteiger partial charge in [0.2, 0.25) is 0 Å². The van der Waals surface area contributed by atoms with Crippen molar-refractivity contribution in [3.05, 3.63) is 24.3 Å². The normalized spacial score (nSPS) is 22.7. The van der Waals surface area contributed by atoms with Crippen LogP contribution < -0.4 is 15.8 Å². The SMILES string of the molecule is CC1CSCC1Nc1ccc(OCC(N)=O)cc1. The summed E-state index contributed by atoms with van der Waals surface area (Å²) in [7, 11) is 0. The van der Waals surface area contributed by atoms with Crippen LogP contribution in [0.1, 0.15) is 6.92 Å². The lowest BCUT2D eigenvalue weighted by Crippen LogP contribution is -2.25. The summed E-state index contributed by atoms with van der Waals surface area (Å²) in [5.41, 5.74) is 6.10. The van der Waals surface area contributed by atoms with Crippen molar-refractivity contribution in [1.29, 1.82) is 0 Å². The van der Waals surface area contributed by atoms with E-state index in [-0.39, 0.29) is 6.61 Å². The molecular formula is C13H18N2O2S. The van der Waals surface area contributed by atoms with E-state index in [0.717, 1.165) is 11.4 Å². The molecule has 1 aliphatic rings. The highest BCUT2D eigenvalue weighted by Crippen LogP contribution is 2.27. The molecule has 0 saturated carbocycles. The molecule has 0 aromatic heterocycles. The number of hydrogen-bond donors (Lipinski definition) is 2. The van der Waals surface area contributed by atoms with Crippen LogP contribution in [-0.2, 0) is 4.79 Å². The van der Waals surface area contributed by atoms with E-state index in [2.05, 4.69) is 12.2 Å². The Kier molecular flexibility index (Phi) is 4.36. The van der Waals surface area contributed by atoms with E-state index in [1.54, 1.807) is 0 Å². The molecule has 1 saturated heterocycles. The molecule has 1 heterocycles. The van der Waals surface area contributed by atoms with Crippen LogP contribution >= 0.6 is 11.8 Å².